The number of rotatable bonds is 20. The molecule has 6 rings (SSSR count). The maximum absolute atomic E-state index is 13.7. The van der Waals surface area contributed by atoms with E-state index in [1.54, 1.807) is 0 Å². The van der Waals surface area contributed by atoms with Gasteiger partial charge in [-0.25, -0.2) is 0 Å². The van der Waals surface area contributed by atoms with Gasteiger partial charge in [0.2, 0.25) is 0 Å². The van der Waals surface area contributed by atoms with Crippen LogP contribution in [-0.2, 0) is 63.8 Å². The number of ether oxygens (including phenoxy) is 4. The Morgan fingerprint density at radius 2 is 1.14 bits per heavy atom. The minimum atomic E-state index is -3.39. The Labute approximate surface area is 302 Å². The smallest absolute Gasteiger partial charge is 0.333 e. The summed E-state index contributed by atoms with van der Waals surface area (Å²) in [7, 11) is -3.39. The molecule has 2 heterocycles. The van der Waals surface area contributed by atoms with Gasteiger partial charge in [0.15, 0.2) is 0 Å². The average molecular weight is 716 g/mol. The molecule has 10 heteroatoms. The molecule has 0 radical (unpaired) electrons. The van der Waals surface area contributed by atoms with Crippen LogP contribution in [0.25, 0.3) is 0 Å². The topological polar surface area (TPSA) is 84.9 Å². The van der Waals surface area contributed by atoms with Gasteiger partial charge in [-0.3, -0.25) is 9.40 Å². The molecule has 0 bridgehead atoms. The molecule has 272 valence electrons. The highest BCUT2D eigenvalue weighted by Crippen LogP contribution is 2.52. The van der Waals surface area contributed by atoms with Gasteiger partial charge in [-0.15, -0.1) is 0 Å². The van der Waals surface area contributed by atoms with Gasteiger partial charge in [-0.05, 0) is 42.5 Å². The summed E-state index contributed by atoms with van der Waals surface area (Å²) in [5, 5.41) is 1.99. The number of hydrogen-bond donors (Lipinski definition) is 0. The number of nitrogens with zero attached hydrogens (tertiary/aromatic N) is 1. The summed E-state index contributed by atoms with van der Waals surface area (Å²) >= 11 is 0. The first kappa shape index (κ1) is 37.5. The molecule has 0 unspecified atom stereocenters. The SMILES string of the molecule is CCOP(=O)(C[C@@H]1C[C@H]2[C@H](OCc3ccccc3)[C@@H](OCc3ccccc3)[C@H]([C@@H](COCc3ccccc3)OCc3ccccc3)N2O1)OCC. The molecular formula is C41H50NO8P. The van der Waals surface area contributed by atoms with E-state index >= 15 is 0 Å². The average Bonchev–Trinajstić information content (AvgIpc) is 3.68. The second-order valence-corrected chi connectivity index (χ2v) is 15.0. The fraction of sp³-hybridized carbons (Fsp3) is 0.415. The van der Waals surface area contributed by atoms with E-state index in [4.69, 9.17) is 32.8 Å². The van der Waals surface area contributed by atoms with Crippen molar-refractivity contribution in [2.75, 3.05) is 26.0 Å². The monoisotopic (exact) mass is 715 g/mol. The highest BCUT2D eigenvalue weighted by atomic mass is 31.2. The molecule has 2 fully saturated rings. The van der Waals surface area contributed by atoms with Crippen LogP contribution in [0.1, 0.15) is 42.5 Å². The van der Waals surface area contributed by atoms with Crippen LogP contribution in [0.5, 0.6) is 0 Å². The normalized spacial score (nSPS) is 22.6. The van der Waals surface area contributed by atoms with E-state index in [2.05, 4.69) is 36.4 Å². The predicted molar refractivity (Wildman–Crippen MR) is 196 cm³/mol. The van der Waals surface area contributed by atoms with E-state index in [0.717, 1.165) is 22.3 Å². The van der Waals surface area contributed by atoms with Crippen molar-refractivity contribution in [1.82, 2.24) is 5.06 Å². The van der Waals surface area contributed by atoms with Gasteiger partial charge < -0.3 is 28.0 Å². The lowest BCUT2D eigenvalue weighted by Crippen LogP contribution is -2.50. The molecule has 0 saturated carbocycles. The fourth-order valence-corrected chi connectivity index (χ4v) is 8.67. The van der Waals surface area contributed by atoms with Crippen LogP contribution >= 0.6 is 7.60 Å². The lowest BCUT2D eigenvalue weighted by Gasteiger charge is -2.34. The lowest BCUT2D eigenvalue weighted by atomic mass is 10.00. The molecule has 0 spiro atoms. The van der Waals surface area contributed by atoms with Crippen LogP contribution in [-0.4, -0.2) is 67.5 Å². The molecule has 0 aliphatic carbocycles. The van der Waals surface area contributed by atoms with Crippen LogP contribution in [0.4, 0.5) is 0 Å². The molecule has 2 aliphatic rings. The Hall–Kier alpha value is -3.21. The first-order valence-electron chi connectivity index (χ1n) is 18.0. The molecule has 0 N–H and O–H groups in total. The summed E-state index contributed by atoms with van der Waals surface area (Å²) in [6.07, 6.45) is -1.02. The number of hydrogen-bond acceptors (Lipinski definition) is 9. The molecule has 9 nitrogen and oxygen atoms in total. The van der Waals surface area contributed by atoms with Crippen molar-refractivity contribution in [3.63, 3.8) is 0 Å². The number of benzene rings is 4. The van der Waals surface area contributed by atoms with Crippen LogP contribution in [0.2, 0.25) is 0 Å². The zero-order valence-corrected chi connectivity index (χ0v) is 30.4. The van der Waals surface area contributed by atoms with E-state index in [1.807, 2.05) is 104 Å². The molecule has 2 saturated heterocycles. The van der Waals surface area contributed by atoms with Crippen molar-refractivity contribution < 1.29 is 37.4 Å². The summed E-state index contributed by atoms with van der Waals surface area (Å²) in [4.78, 5) is 6.75. The van der Waals surface area contributed by atoms with Gasteiger partial charge in [-0.1, -0.05) is 121 Å². The van der Waals surface area contributed by atoms with Gasteiger partial charge in [0.1, 0.15) is 18.3 Å². The number of hydroxylamine groups is 2. The summed E-state index contributed by atoms with van der Waals surface area (Å²) < 4.78 is 51.9. The highest BCUT2D eigenvalue weighted by molar-refractivity contribution is 7.53. The third-order valence-corrected chi connectivity index (χ3v) is 11.3. The molecule has 51 heavy (non-hydrogen) atoms. The third-order valence-electron chi connectivity index (χ3n) is 9.17. The van der Waals surface area contributed by atoms with Crippen molar-refractivity contribution in [2.45, 2.75) is 83.2 Å². The fourth-order valence-electron chi connectivity index (χ4n) is 6.89. The van der Waals surface area contributed by atoms with Gasteiger partial charge in [0.25, 0.3) is 0 Å². The van der Waals surface area contributed by atoms with E-state index in [-0.39, 0.29) is 38.1 Å². The van der Waals surface area contributed by atoms with E-state index in [9.17, 15) is 4.57 Å². The van der Waals surface area contributed by atoms with Gasteiger partial charge in [0, 0.05) is 0 Å². The van der Waals surface area contributed by atoms with Crippen LogP contribution < -0.4 is 0 Å². The summed E-state index contributed by atoms with van der Waals surface area (Å²) in [6, 6.07) is 39.9. The van der Waals surface area contributed by atoms with Crippen LogP contribution in [0.3, 0.4) is 0 Å². The Balaban J connectivity index is 1.32. The summed E-state index contributed by atoms with van der Waals surface area (Å²) in [5.41, 5.74) is 4.24. The molecule has 2 aliphatic heterocycles. The molecule has 0 aromatic heterocycles. The second-order valence-electron chi connectivity index (χ2n) is 12.9. The Bertz CT molecular complexity index is 1610. The van der Waals surface area contributed by atoms with Gasteiger partial charge in [0.05, 0.1) is 70.6 Å². The maximum Gasteiger partial charge on any atom is 0.333 e. The van der Waals surface area contributed by atoms with Crippen molar-refractivity contribution >= 4 is 7.60 Å². The Kier molecular flexibility index (Phi) is 14.0. The van der Waals surface area contributed by atoms with E-state index in [0.29, 0.717) is 32.8 Å². The van der Waals surface area contributed by atoms with E-state index in [1.165, 1.54) is 0 Å². The molecule has 4 aromatic carbocycles. The van der Waals surface area contributed by atoms with Crippen LogP contribution in [0.15, 0.2) is 121 Å². The summed E-state index contributed by atoms with van der Waals surface area (Å²) in [6.45, 7) is 6.09. The lowest BCUT2D eigenvalue weighted by molar-refractivity contribution is -0.216. The number of fused-ring (bicyclic) bond motifs is 1. The maximum atomic E-state index is 13.7. The van der Waals surface area contributed by atoms with Crippen molar-refractivity contribution in [2.24, 2.45) is 0 Å². The Morgan fingerprint density at radius 3 is 1.65 bits per heavy atom. The third kappa shape index (κ3) is 10.4. The molecule has 4 aromatic rings. The minimum absolute atomic E-state index is 0.134. The minimum Gasteiger partial charge on any atom is -0.374 e. The van der Waals surface area contributed by atoms with Crippen molar-refractivity contribution in [3.05, 3.63) is 144 Å². The standard InChI is InChI=1S/C41H50NO8P/c1-3-48-51(43,49-4-2)31-36-25-37-40(46-28-34-21-13-7-14-22-34)41(47-29-35-23-15-8-16-24-35)39(42(37)50-36)38(45-27-33-19-11-6-12-20-33)30-44-26-32-17-9-5-10-18-32/h5-24,36-41H,3-4,25-31H2,1-2H3/t36-,37-,38+,39-,40-,41-/m0/s1. The van der Waals surface area contributed by atoms with Crippen LogP contribution in [0, 0.1) is 0 Å². The predicted octanol–water partition coefficient (Wildman–Crippen LogP) is 7.98. The zero-order valence-electron chi connectivity index (χ0n) is 29.5. The van der Waals surface area contributed by atoms with E-state index < -0.39 is 31.9 Å². The molecule has 6 atom stereocenters. The van der Waals surface area contributed by atoms with Crippen molar-refractivity contribution in [3.8, 4) is 0 Å². The highest BCUT2D eigenvalue weighted by Gasteiger charge is 2.59. The van der Waals surface area contributed by atoms with Gasteiger partial charge >= 0.3 is 7.60 Å². The zero-order chi connectivity index (χ0) is 35.3. The Morgan fingerprint density at radius 1 is 0.667 bits per heavy atom. The van der Waals surface area contributed by atoms with Crippen molar-refractivity contribution in [1.29, 1.82) is 0 Å². The largest absolute Gasteiger partial charge is 0.374 e. The first-order chi connectivity index (χ1) is 25.0. The first-order valence-corrected chi connectivity index (χ1v) is 19.7. The quantitative estimate of drug-likeness (QED) is 0.0846. The van der Waals surface area contributed by atoms with Gasteiger partial charge in [-0.2, -0.15) is 5.06 Å². The second kappa shape index (κ2) is 19.0. The molecular weight excluding hydrogens is 665 g/mol. The summed E-state index contributed by atoms with van der Waals surface area (Å²) in [5.74, 6) is 0. The molecule has 0 amide bonds.